The molecule has 0 atom stereocenters. The van der Waals surface area contributed by atoms with Gasteiger partial charge in [0, 0.05) is 19.7 Å². The van der Waals surface area contributed by atoms with E-state index in [1.807, 2.05) is 62.5 Å². The molecule has 2 N–H and O–H groups in total. The lowest BCUT2D eigenvalue weighted by Crippen LogP contribution is -2.23. The molecule has 0 unspecified atom stereocenters. The van der Waals surface area contributed by atoms with Gasteiger partial charge < -0.3 is 5.73 Å². The van der Waals surface area contributed by atoms with E-state index in [9.17, 15) is 4.79 Å². The summed E-state index contributed by atoms with van der Waals surface area (Å²) in [6.07, 6.45) is 3.73. The van der Waals surface area contributed by atoms with Gasteiger partial charge in [0.25, 0.3) is 0 Å². The molecular formula is C28H33N7O. The van der Waals surface area contributed by atoms with E-state index in [2.05, 4.69) is 30.0 Å². The van der Waals surface area contributed by atoms with Gasteiger partial charge >= 0.3 is 5.69 Å². The molecule has 0 amide bonds. The van der Waals surface area contributed by atoms with E-state index in [1.165, 1.54) is 5.56 Å². The number of imidazole rings is 1. The quantitative estimate of drug-likeness (QED) is 0.236. The van der Waals surface area contributed by atoms with Crippen LogP contribution in [0.1, 0.15) is 50.3 Å². The molecule has 8 heteroatoms. The molecule has 2 aromatic carbocycles. The third-order valence-corrected chi connectivity index (χ3v) is 6.23. The van der Waals surface area contributed by atoms with E-state index in [1.54, 1.807) is 34.3 Å². The average Bonchev–Trinajstić information content (AvgIpc) is 3.09. The Morgan fingerprint density at radius 2 is 1.86 bits per heavy atom. The van der Waals surface area contributed by atoms with E-state index in [0.717, 1.165) is 22.4 Å². The van der Waals surface area contributed by atoms with Gasteiger partial charge in [0.1, 0.15) is 11.4 Å². The highest BCUT2D eigenvalue weighted by Gasteiger charge is 2.17. The molecule has 0 saturated heterocycles. The normalized spacial score (nSPS) is 12.5. The van der Waals surface area contributed by atoms with Crippen LogP contribution in [-0.2, 0) is 13.6 Å². The number of benzene rings is 2. The number of hydrogen-bond acceptors (Lipinski definition) is 5. The molecule has 0 fully saturated rings. The Morgan fingerprint density at radius 1 is 1.17 bits per heavy atom. The summed E-state index contributed by atoms with van der Waals surface area (Å²) in [6.45, 7) is 8.43. The second-order valence-electron chi connectivity index (χ2n) is 9.21. The largest absolute Gasteiger partial charge is 0.386 e. The van der Waals surface area contributed by atoms with Crippen molar-refractivity contribution in [1.82, 2.24) is 24.1 Å². The molecular weight excluding hydrogens is 450 g/mol. The summed E-state index contributed by atoms with van der Waals surface area (Å²) < 4.78 is 3.31. The summed E-state index contributed by atoms with van der Waals surface area (Å²) in [5, 5.41) is 6.07. The van der Waals surface area contributed by atoms with Crippen molar-refractivity contribution in [3.8, 4) is 11.4 Å². The highest BCUT2D eigenvalue weighted by atomic mass is 16.1. The number of nitrogens with two attached hydrogens (primary N) is 1. The third-order valence-electron chi connectivity index (χ3n) is 6.23. The molecule has 0 bridgehead atoms. The van der Waals surface area contributed by atoms with Crippen molar-refractivity contribution in [1.29, 1.82) is 0 Å². The summed E-state index contributed by atoms with van der Waals surface area (Å²) in [5.41, 5.74) is 12.0. The molecule has 4 rings (SSSR count). The van der Waals surface area contributed by atoms with E-state index in [0.29, 0.717) is 35.3 Å². The Labute approximate surface area is 211 Å². The van der Waals surface area contributed by atoms with Crippen molar-refractivity contribution < 1.29 is 0 Å². The predicted octanol–water partition coefficient (Wildman–Crippen LogP) is 4.55. The zero-order valence-corrected chi connectivity index (χ0v) is 21.7. The van der Waals surface area contributed by atoms with Gasteiger partial charge in [-0.1, -0.05) is 68.5 Å². The first kappa shape index (κ1) is 24.9. The van der Waals surface area contributed by atoms with Crippen LogP contribution in [0.25, 0.3) is 28.2 Å². The first-order valence-corrected chi connectivity index (χ1v) is 12.0. The van der Waals surface area contributed by atoms with Crippen LogP contribution in [0.3, 0.4) is 0 Å². The lowest BCUT2D eigenvalue weighted by molar-refractivity contribution is 0.514. The smallest absolute Gasteiger partial charge is 0.330 e. The summed E-state index contributed by atoms with van der Waals surface area (Å²) in [4.78, 5) is 22.6. The second-order valence-corrected chi connectivity index (χ2v) is 9.21. The fraction of sp³-hybridized carbons (Fsp3) is 0.286. The van der Waals surface area contributed by atoms with Gasteiger partial charge in [-0.2, -0.15) is 5.10 Å². The lowest BCUT2D eigenvalue weighted by Gasteiger charge is -2.18. The Hall–Kier alpha value is -4.20. The molecule has 186 valence electrons. The van der Waals surface area contributed by atoms with Gasteiger partial charge in [0.05, 0.1) is 18.4 Å². The lowest BCUT2D eigenvalue weighted by atomic mass is 9.97. The third kappa shape index (κ3) is 4.79. The molecule has 2 aromatic heterocycles. The number of nitrogens with zero attached hydrogens (tertiary/aromatic N) is 6. The molecule has 2 heterocycles. The predicted molar refractivity (Wildman–Crippen MR) is 147 cm³/mol. The molecule has 0 aliphatic rings. The number of rotatable bonds is 7. The number of hydrogen-bond donors (Lipinski definition) is 1. The maximum absolute atomic E-state index is 13.1. The average molecular weight is 484 g/mol. The van der Waals surface area contributed by atoms with Gasteiger partial charge in [-0.3, -0.25) is 14.1 Å². The Bertz CT molecular complexity index is 1500. The molecule has 0 aliphatic carbocycles. The van der Waals surface area contributed by atoms with Crippen molar-refractivity contribution in [2.75, 3.05) is 7.05 Å². The summed E-state index contributed by atoms with van der Waals surface area (Å²) in [5.74, 6) is 1.44. The minimum Gasteiger partial charge on any atom is -0.386 e. The monoisotopic (exact) mass is 483 g/mol. The highest BCUT2D eigenvalue weighted by molar-refractivity contribution is 5.78. The van der Waals surface area contributed by atoms with Crippen molar-refractivity contribution in [3.05, 3.63) is 88.0 Å². The highest BCUT2D eigenvalue weighted by Crippen LogP contribution is 2.27. The molecule has 0 radical (unpaired) electrons. The van der Waals surface area contributed by atoms with Gasteiger partial charge in [-0.15, -0.1) is 0 Å². The van der Waals surface area contributed by atoms with Crippen molar-refractivity contribution in [3.63, 3.8) is 0 Å². The standard InChI is InChI=1S/C28H33N7O/c1-7-24(34(6)32-19(4)29)21-14-12-20(13-15-21)17-35-27-25(33(5)28(35)36)16-30-26(31-27)23-11-9-8-10-22(23)18(2)3/h7-16,18H,17H2,1-6H3,(H2,29,32)/b24-7-. The van der Waals surface area contributed by atoms with Crippen molar-refractivity contribution >= 4 is 22.7 Å². The zero-order valence-electron chi connectivity index (χ0n) is 21.7. The topological polar surface area (TPSA) is 94.3 Å². The molecule has 4 aromatic rings. The molecule has 0 spiro atoms. The van der Waals surface area contributed by atoms with Crippen LogP contribution in [0.15, 0.2) is 70.7 Å². The minimum absolute atomic E-state index is 0.126. The number of allylic oxidation sites excluding steroid dienone is 1. The Balaban J connectivity index is 1.72. The van der Waals surface area contributed by atoms with Crippen LogP contribution in [0.4, 0.5) is 0 Å². The zero-order chi connectivity index (χ0) is 26.0. The Kier molecular flexibility index (Phi) is 7.05. The van der Waals surface area contributed by atoms with Crippen molar-refractivity contribution in [2.45, 2.75) is 40.2 Å². The number of amidine groups is 1. The fourth-order valence-corrected chi connectivity index (χ4v) is 4.45. The molecule has 0 saturated carbocycles. The van der Waals surface area contributed by atoms with Gasteiger partial charge in [-0.05, 0) is 36.5 Å². The van der Waals surface area contributed by atoms with Crippen LogP contribution in [0, 0.1) is 0 Å². The second kappa shape index (κ2) is 10.2. The first-order valence-electron chi connectivity index (χ1n) is 12.0. The van der Waals surface area contributed by atoms with Crippen LogP contribution < -0.4 is 11.4 Å². The SMILES string of the molecule is C/C=C(/c1ccc(Cn2c(=O)n(C)c3cnc(-c4ccccc4C(C)C)nc32)cc1)N(C)/N=C(/C)N. The van der Waals surface area contributed by atoms with E-state index in [4.69, 9.17) is 10.7 Å². The maximum atomic E-state index is 13.1. The summed E-state index contributed by atoms with van der Waals surface area (Å²) in [7, 11) is 3.62. The maximum Gasteiger partial charge on any atom is 0.330 e. The van der Waals surface area contributed by atoms with Gasteiger partial charge in [-0.25, -0.2) is 14.8 Å². The summed E-state index contributed by atoms with van der Waals surface area (Å²) in [6, 6.07) is 16.2. The van der Waals surface area contributed by atoms with E-state index >= 15 is 0 Å². The first-order chi connectivity index (χ1) is 17.2. The molecule has 0 aliphatic heterocycles. The van der Waals surface area contributed by atoms with Crippen LogP contribution in [-0.4, -0.2) is 37.0 Å². The van der Waals surface area contributed by atoms with Gasteiger partial charge in [0.2, 0.25) is 0 Å². The molecule has 36 heavy (non-hydrogen) atoms. The van der Waals surface area contributed by atoms with Crippen LogP contribution >= 0.6 is 0 Å². The van der Waals surface area contributed by atoms with Crippen molar-refractivity contribution in [2.24, 2.45) is 17.9 Å². The van der Waals surface area contributed by atoms with E-state index in [-0.39, 0.29) is 5.69 Å². The number of aryl methyl sites for hydroxylation is 1. The number of aromatic nitrogens is 4. The summed E-state index contributed by atoms with van der Waals surface area (Å²) >= 11 is 0. The fourth-order valence-electron chi connectivity index (χ4n) is 4.45. The number of fused-ring (bicyclic) bond motifs is 1. The van der Waals surface area contributed by atoms with Gasteiger partial charge in [0.15, 0.2) is 11.5 Å². The van der Waals surface area contributed by atoms with E-state index < -0.39 is 0 Å². The van der Waals surface area contributed by atoms with Crippen LogP contribution in [0.2, 0.25) is 0 Å². The van der Waals surface area contributed by atoms with Crippen LogP contribution in [0.5, 0.6) is 0 Å². The number of hydrazone groups is 1. The Morgan fingerprint density at radius 3 is 2.50 bits per heavy atom. The molecule has 8 nitrogen and oxygen atoms in total. The minimum atomic E-state index is -0.126.